The second-order valence-corrected chi connectivity index (χ2v) is 12.2. The van der Waals surface area contributed by atoms with Crippen LogP contribution >= 0.6 is 0 Å². The number of rotatable bonds is 0. The monoisotopic (exact) mass is 322 g/mol. The van der Waals surface area contributed by atoms with Gasteiger partial charge < -0.3 is 5.11 Å². The molecule has 2 spiro atoms. The molecular weight excluding hydrogens is 296 g/mol. The van der Waals surface area contributed by atoms with Crippen LogP contribution < -0.4 is 0 Å². The number of carbonyl (C=O) groups excluding carboxylic acids is 1. The Hall–Kier alpha value is -0.370. The van der Waals surface area contributed by atoms with Gasteiger partial charge in [-0.3, -0.25) is 4.79 Å². The van der Waals surface area contributed by atoms with E-state index in [-0.39, 0.29) is 5.60 Å². The maximum absolute atomic E-state index is 13.2. The van der Waals surface area contributed by atoms with Crippen molar-refractivity contribution in [2.45, 2.75) is 50.5 Å². The molecule has 13 rings (SSSR count). The molecule has 0 aromatic heterocycles. The molecular formula is C22H26O2. The van der Waals surface area contributed by atoms with E-state index < -0.39 is 0 Å². The normalized spacial score (nSPS) is 82.2. The Morgan fingerprint density at radius 1 is 0.750 bits per heavy atom. The molecule has 13 aliphatic rings. The van der Waals surface area contributed by atoms with Gasteiger partial charge in [-0.15, -0.1) is 0 Å². The van der Waals surface area contributed by atoms with Crippen molar-refractivity contribution in [2.75, 3.05) is 0 Å². The number of hydrogen-bond donors (Lipinski definition) is 1. The lowest BCUT2D eigenvalue weighted by atomic mass is 9.13. The van der Waals surface area contributed by atoms with Crippen molar-refractivity contribution in [3.63, 3.8) is 0 Å². The van der Waals surface area contributed by atoms with Crippen molar-refractivity contribution in [1.82, 2.24) is 0 Å². The summed E-state index contributed by atoms with van der Waals surface area (Å²) in [5, 5.41) is 11.4. The van der Waals surface area contributed by atoms with Crippen LogP contribution in [0.2, 0.25) is 0 Å². The van der Waals surface area contributed by atoms with Crippen molar-refractivity contribution >= 4 is 5.78 Å². The third kappa shape index (κ3) is 0.810. The van der Waals surface area contributed by atoms with Crippen LogP contribution in [0.25, 0.3) is 0 Å². The van der Waals surface area contributed by atoms with Gasteiger partial charge in [0.1, 0.15) is 5.78 Å². The standard InChI is InChI=1S/C22H26O2/c23-19-8-1-9-11-6-22-7-20(24)3-12-10-5-21(2-8,15(9)16(12)22)18(14(11)19)17(22)13(10)4-20/h8-18,24H,1-7H2/t8-,9+,10+,11-,12-,13-,14+,15-,16+,17-,18+,20-,21-,22+/m1/s1. The van der Waals surface area contributed by atoms with Crippen LogP contribution in [-0.2, 0) is 4.79 Å². The summed E-state index contributed by atoms with van der Waals surface area (Å²) in [5.74, 6) is 9.45. The van der Waals surface area contributed by atoms with Crippen LogP contribution in [0.5, 0.6) is 0 Å². The number of ketones is 1. The summed E-state index contributed by atoms with van der Waals surface area (Å²) >= 11 is 0. The second kappa shape index (κ2) is 2.88. The van der Waals surface area contributed by atoms with Gasteiger partial charge in [-0.05, 0) is 109 Å². The topological polar surface area (TPSA) is 37.3 Å². The predicted octanol–water partition coefficient (Wildman–Crippen LogP) is 2.89. The zero-order chi connectivity index (χ0) is 15.4. The summed E-state index contributed by atoms with van der Waals surface area (Å²) in [7, 11) is 0. The van der Waals surface area contributed by atoms with E-state index in [2.05, 4.69) is 0 Å². The molecule has 24 heavy (non-hydrogen) atoms. The van der Waals surface area contributed by atoms with Crippen molar-refractivity contribution in [3.05, 3.63) is 0 Å². The highest BCUT2D eigenvalue weighted by Gasteiger charge is 2.89. The summed E-state index contributed by atoms with van der Waals surface area (Å²) < 4.78 is 0. The van der Waals surface area contributed by atoms with Crippen LogP contribution in [0, 0.1) is 75.9 Å². The Morgan fingerprint density at radius 2 is 1.46 bits per heavy atom. The van der Waals surface area contributed by atoms with E-state index in [0.29, 0.717) is 22.7 Å². The van der Waals surface area contributed by atoms with Gasteiger partial charge in [-0.1, -0.05) is 0 Å². The van der Waals surface area contributed by atoms with E-state index in [4.69, 9.17) is 0 Å². The minimum Gasteiger partial charge on any atom is -0.390 e. The SMILES string of the molecule is O=C1[C@@H]2C[C@H]3[C@H]4C[C@]56C[C@]7(O)C[C@@H]8[C@H]9C[C@](C2)([C@H]3[C@@H]5[C@@H]9C7)[C@@H]([C@@H]14)[C@@H]86. The maximum atomic E-state index is 13.2. The Bertz CT molecular complexity index is 774. The molecule has 0 saturated heterocycles. The molecule has 13 fully saturated rings. The Balaban J connectivity index is 1.41. The van der Waals surface area contributed by atoms with Crippen LogP contribution in [-0.4, -0.2) is 16.5 Å². The molecule has 14 bridgehead atoms. The molecule has 0 aromatic rings. The zero-order valence-electron chi connectivity index (χ0n) is 14.2. The average Bonchev–Trinajstić information content (AvgIpc) is 2.53. The highest BCUT2D eigenvalue weighted by Crippen LogP contribution is 2.92. The van der Waals surface area contributed by atoms with Gasteiger partial charge in [-0.2, -0.15) is 0 Å². The molecule has 13 aliphatic carbocycles. The molecule has 0 aliphatic heterocycles. The molecule has 2 nitrogen and oxygen atoms in total. The molecule has 0 amide bonds. The predicted molar refractivity (Wildman–Crippen MR) is 85.5 cm³/mol. The number of carbonyl (C=O) groups is 1. The van der Waals surface area contributed by atoms with Crippen molar-refractivity contribution in [2.24, 2.45) is 75.9 Å². The van der Waals surface area contributed by atoms with Crippen molar-refractivity contribution in [3.8, 4) is 0 Å². The molecule has 2 heteroatoms. The highest BCUT2D eigenvalue weighted by molar-refractivity contribution is 5.87. The smallest absolute Gasteiger partial charge is 0.139 e. The van der Waals surface area contributed by atoms with Crippen LogP contribution in [0.3, 0.4) is 0 Å². The van der Waals surface area contributed by atoms with Gasteiger partial charge in [0.2, 0.25) is 0 Å². The maximum Gasteiger partial charge on any atom is 0.139 e. The third-order valence-electron chi connectivity index (χ3n) is 12.3. The molecule has 0 aromatic carbocycles. The van der Waals surface area contributed by atoms with Crippen molar-refractivity contribution in [1.29, 1.82) is 0 Å². The molecule has 0 heterocycles. The fourth-order valence-corrected chi connectivity index (χ4v) is 13.2. The van der Waals surface area contributed by atoms with E-state index in [0.717, 1.165) is 78.3 Å². The van der Waals surface area contributed by atoms with Crippen LogP contribution in [0.1, 0.15) is 44.9 Å². The van der Waals surface area contributed by atoms with Crippen LogP contribution in [0.4, 0.5) is 0 Å². The lowest BCUT2D eigenvalue weighted by Gasteiger charge is -2.91. The van der Waals surface area contributed by atoms with E-state index in [1.807, 2.05) is 0 Å². The van der Waals surface area contributed by atoms with Crippen LogP contribution in [0.15, 0.2) is 0 Å². The minimum atomic E-state index is -0.309. The van der Waals surface area contributed by atoms with E-state index in [1.165, 1.54) is 25.7 Å². The fraction of sp³-hybridized carbons (Fsp3) is 0.955. The summed E-state index contributed by atoms with van der Waals surface area (Å²) in [5.41, 5.74) is 0.779. The number of Topliss-reactive ketones (excluding diaryl/α,β-unsaturated/α-hetero) is 1. The molecule has 13 saturated carbocycles. The van der Waals surface area contributed by atoms with E-state index in [9.17, 15) is 9.90 Å². The Morgan fingerprint density at radius 3 is 2.29 bits per heavy atom. The van der Waals surface area contributed by atoms with Gasteiger partial charge in [0.15, 0.2) is 0 Å². The second-order valence-electron chi connectivity index (χ2n) is 12.2. The Kier molecular flexibility index (Phi) is 1.45. The quantitative estimate of drug-likeness (QED) is 0.744. The first-order valence-electron chi connectivity index (χ1n) is 10.8. The van der Waals surface area contributed by atoms with E-state index >= 15 is 0 Å². The molecule has 0 radical (unpaired) electrons. The Labute approximate surface area is 142 Å². The average molecular weight is 322 g/mol. The molecule has 14 atom stereocenters. The van der Waals surface area contributed by atoms with Gasteiger partial charge in [0.05, 0.1) is 5.60 Å². The van der Waals surface area contributed by atoms with E-state index in [1.54, 1.807) is 0 Å². The first kappa shape index (κ1) is 12.1. The summed E-state index contributed by atoms with van der Waals surface area (Å²) in [6.45, 7) is 0. The zero-order valence-corrected chi connectivity index (χ0v) is 14.2. The minimum absolute atomic E-state index is 0.309. The van der Waals surface area contributed by atoms with Gasteiger partial charge in [0.25, 0.3) is 0 Å². The molecule has 0 unspecified atom stereocenters. The highest BCUT2D eigenvalue weighted by atomic mass is 16.3. The third-order valence-corrected chi connectivity index (χ3v) is 12.3. The lowest BCUT2D eigenvalue weighted by Crippen LogP contribution is -2.88. The first-order chi connectivity index (χ1) is 11.6. The fourth-order valence-electron chi connectivity index (χ4n) is 13.2. The number of hydrogen-bond acceptors (Lipinski definition) is 2. The summed E-state index contributed by atoms with van der Waals surface area (Å²) in [6.07, 6.45) is 8.76. The first-order valence-corrected chi connectivity index (χ1v) is 10.8. The largest absolute Gasteiger partial charge is 0.390 e. The van der Waals surface area contributed by atoms with Gasteiger partial charge >= 0.3 is 0 Å². The summed E-state index contributed by atoms with van der Waals surface area (Å²) in [6, 6.07) is 0. The molecule has 1 N–H and O–H groups in total. The summed E-state index contributed by atoms with van der Waals surface area (Å²) in [4.78, 5) is 13.2. The molecule has 126 valence electrons. The van der Waals surface area contributed by atoms with Crippen molar-refractivity contribution < 1.29 is 9.90 Å². The number of aliphatic hydroxyl groups is 1. The van der Waals surface area contributed by atoms with Gasteiger partial charge in [0, 0.05) is 11.8 Å². The lowest BCUT2D eigenvalue weighted by molar-refractivity contribution is -0.433. The van der Waals surface area contributed by atoms with Gasteiger partial charge in [-0.25, -0.2) is 0 Å².